The monoisotopic (exact) mass is 470 g/mol. The van der Waals surface area contributed by atoms with Crippen molar-refractivity contribution in [1.29, 1.82) is 0 Å². The number of amides is 1. The molecule has 0 aliphatic carbocycles. The normalized spacial score (nSPS) is 10.7. The van der Waals surface area contributed by atoms with Crippen LogP contribution < -0.4 is 4.90 Å². The molecule has 0 saturated heterocycles. The van der Waals surface area contributed by atoms with Crippen LogP contribution in [-0.4, -0.2) is 28.9 Å². The number of aromatic nitrogens is 1. The van der Waals surface area contributed by atoms with E-state index in [1.54, 1.807) is 13.8 Å². The zero-order chi connectivity index (χ0) is 24.9. The number of hydrogen-bond acceptors (Lipinski definition) is 5. The number of carbonyl (C=O) groups is 2. The zero-order valence-corrected chi connectivity index (χ0v) is 19.8. The maximum absolute atomic E-state index is 13.1. The van der Waals surface area contributed by atoms with Gasteiger partial charge < -0.3 is 14.4 Å². The molecule has 1 N–H and O–H groups in total. The molecule has 7 nitrogen and oxygen atoms in total. The third-order valence-corrected chi connectivity index (χ3v) is 5.65. The maximum atomic E-state index is 13.1. The smallest absolute Gasteiger partial charge is 0.419 e. The fraction of sp³-hybridized carbons (Fsp3) is 0.179. The van der Waals surface area contributed by atoms with E-state index in [1.807, 2.05) is 79.7 Å². The summed E-state index contributed by atoms with van der Waals surface area (Å²) in [6.45, 7) is 5.73. The third-order valence-electron chi connectivity index (χ3n) is 5.65. The molecule has 3 aromatic carbocycles. The molecule has 0 saturated carbocycles. The molecular weight excluding hydrogens is 444 g/mol. The molecule has 4 aromatic rings. The van der Waals surface area contributed by atoms with E-state index in [0.29, 0.717) is 22.8 Å². The summed E-state index contributed by atoms with van der Waals surface area (Å²) in [5.41, 5.74) is 6.13. The predicted molar refractivity (Wildman–Crippen MR) is 134 cm³/mol. The van der Waals surface area contributed by atoms with E-state index in [9.17, 15) is 9.59 Å². The van der Waals surface area contributed by atoms with Gasteiger partial charge in [-0.05, 0) is 49.1 Å². The van der Waals surface area contributed by atoms with Crippen LogP contribution in [0.1, 0.15) is 23.7 Å². The number of carbonyl (C=O) groups excluding carboxylic acids is 1. The molecule has 178 valence electrons. The number of aryl methyl sites for hydroxylation is 2. The number of hydrogen-bond donors (Lipinski definition) is 1. The van der Waals surface area contributed by atoms with Crippen molar-refractivity contribution >= 4 is 23.4 Å². The summed E-state index contributed by atoms with van der Waals surface area (Å²) < 4.78 is 11.1. The van der Waals surface area contributed by atoms with Gasteiger partial charge in [0.25, 0.3) is 0 Å². The summed E-state index contributed by atoms with van der Waals surface area (Å²) in [6, 6.07) is 22.7. The molecule has 7 heteroatoms. The van der Waals surface area contributed by atoms with Crippen molar-refractivity contribution in [2.75, 3.05) is 11.5 Å². The van der Waals surface area contributed by atoms with Crippen molar-refractivity contribution in [3.05, 3.63) is 89.6 Å². The fourth-order valence-corrected chi connectivity index (χ4v) is 3.93. The Bertz CT molecular complexity index is 1340. The van der Waals surface area contributed by atoms with Crippen molar-refractivity contribution in [3.63, 3.8) is 0 Å². The molecule has 1 heterocycles. The van der Waals surface area contributed by atoms with Gasteiger partial charge in [-0.3, -0.25) is 4.79 Å². The van der Waals surface area contributed by atoms with E-state index < -0.39 is 12.1 Å². The lowest BCUT2D eigenvalue weighted by atomic mass is 10.0. The lowest BCUT2D eigenvalue weighted by molar-refractivity contribution is -0.136. The molecule has 0 radical (unpaired) electrons. The van der Waals surface area contributed by atoms with Crippen molar-refractivity contribution in [2.45, 2.75) is 27.2 Å². The molecule has 0 aliphatic heterocycles. The summed E-state index contributed by atoms with van der Waals surface area (Å²) in [4.78, 5) is 25.5. The Morgan fingerprint density at radius 1 is 0.914 bits per heavy atom. The van der Waals surface area contributed by atoms with Crippen molar-refractivity contribution < 1.29 is 24.0 Å². The van der Waals surface area contributed by atoms with Gasteiger partial charge in [-0.15, -0.1) is 0 Å². The second kappa shape index (κ2) is 10.3. The van der Waals surface area contributed by atoms with Crippen LogP contribution in [0.15, 0.2) is 77.3 Å². The summed E-state index contributed by atoms with van der Waals surface area (Å²) in [5.74, 6) is -0.398. The molecule has 0 fully saturated rings. The number of aliphatic carboxylic acids is 1. The van der Waals surface area contributed by atoms with Crippen LogP contribution in [0.3, 0.4) is 0 Å². The quantitative estimate of drug-likeness (QED) is 0.329. The number of nitrogens with zero attached hydrogens (tertiary/aromatic N) is 2. The first-order valence-corrected chi connectivity index (χ1v) is 11.3. The van der Waals surface area contributed by atoms with Gasteiger partial charge in [-0.1, -0.05) is 71.9 Å². The largest absolute Gasteiger partial charge is 0.481 e. The van der Waals surface area contributed by atoms with E-state index in [0.717, 1.165) is 27.8 Å². The van der Waals surface area contributed by atoms with E-state index >= 15 is 0 Å². The number of ether oxygens (including phenoxy) is 1. The zero-order valence-electron chi connectivity index (χ0n) is 19.8. The van der Waals surface area contributed by atoms with Crippen LogP contribution in [0.4, 0.5) is 16.2 Å². The minimum Gasteiger partial charge on any atom is -0.481 e. The number of rotatable bonds is 7. The summed E-state index contributed by atoms with van der Waals surface area (Å²) in [5, 5.41) is 13.1. The van der Waals surface area contributed by atoms with Gasteiger partial charge in [0.15, 0.2) is 5.76 Å². The average molecular weight is 471 g/mol. The summed E-state index contributed by atoms with van der Waals surface area (Å²) in [6.07, 6.45) is -0.516. The average Bonchev–Trinajstić information content (AvgIpc) is 3.22. The van der Waals surface area contributed by atoms with Crippen LogP contribution >= 0.6 is 0 Å². The lowest BCUT2D eigenvalue weighted by Gasteiger charge is -2.23. The molecule has 0 spiro atoms. The van der Waals surface area contributed by atoms with Crippen molar-refractivity contribution in [3.8, 4) is 22.5 Å². The second-order valence-corrected chi connectivity index (χ2v) is 8.11. The molecule has 35 heavy (non-hydrogen) atoms. The molecule has 1 aromatic heterocycles. The highest BCUT2D eigenvalue weighted by Crippen LogP contribution is 2.40. The first kappa shape index (κ1) is 23.8. The van der Waals surface area contributed by atoms with Gasteiger partial charge in [0.05, 0.1) is 18.7 Å². The standard InChI is InChI=1S/C28H26N2O5/c1-4-34-28(33)30(24-8-6-5-7-18(24)2)26-19(3)29-35-27(26)23-15-13-22(14-16-23)21-11-9-20(10-12-21)17-25(31)32/h5-16H,4,17H2,1-3H3,(H,31,32). The number of anilines is 2. The first-order valence-electron chi connectivity index (χ1n) is 11.3. The lowest BCUT2D eigenvalue weighted by Crippen LogP contribution is -2.28. The SMILES string of the molecule is CCOC(=O)N(c1ccccc1C)c1c(C)noc1-c1ccc(-c2ccc(CC(=O)O)cc2)cc1. The van der Waals surface area contributed by atoms with Gasteiger partial charge in [-0.25, -0.2) is 9.69 Å². The highest BCUT2D eigenvalue weighted by molar-refractivity contribution is 6.01. The molecule has 4 rings (SSSR count). The second-order valence-electron chi connectivity index (χ2n) is 8.11. The van der Waals surface area contributed by atoms with Crippen LogP contribution in [0, 0.1) is 13.8 Å². The maximum Gasteiger partial charge on any atom is 0.419 e. The Labute approximate surface area is 203 Å². The number of carboxylic acids is 1. The Morgan fingerprint density at radius 2 is 1.51 bits per heavy atom. The van der Waals surface area contributed by atoms with Crippen molar-refractivity contribution in [2.24, 2.45) is 0 Å². The minimum atomic E-state index is -0.859. The predicted octanol–water partition coefficient (Wildman–Crippen LogP) is 6.55. The van der Waals surface area contributed by atoms with Crippen LogP contribution in [0.5, 0.6) is 0 Å². The number of carboxylic acid groups (broad SMARTS) is 1. The Balaban J connectivity index is 1.71. The van der Waals surface area contributed by atoms with Crippen molar-refractivity contribution in [1.82, 2.24) is 5.16 Å². The van der Waals surface area contributed by atoms with Gasteiger partial charge in [0.2, 0.25) is 0 Å². The number of benzene rings is 3. The highest BCUT2D eigenvalue weighted by Gasteiger charge is 2.29. The Morgan fingerprint density at radius 3 is 2.11 bits per heavy atom. The number of para-hydroxylation sites is 1. The van der Waals surface area contributed by atoms with E-state index in [4.69, 9.17) is 14.4 Å². The highest BCUT2D eigenvalue weighted by atomic mass is 16.6. The van der Waals surface area contributed by atoms with Crippen LogP contribution in [0.2, 0.25) is 0 Å². The summed E-state index contributed by atoms with van der Waals surface area (Å²) >= 11 is 0. The molecule has 0 bridgehead atoms. The molecule has 1 amide bonds. The van der Waals surface area contributed by atoms with Gasteiger partial charge in [0.1, 0.15) is 11.4 Å². The van der Waals surface area contributed by atoms with Gasteiger partial charge in [-0.2, -0.15) is 0 Å². The van der Waals surface area contributed by atoms with E-state index in [1.165, 1.54) is 4.90 Å². The molecule has 0 aliphatic rings. The fourth-order valence-electron chi connectivity index (χ4n) is 3.93. The molecule has 0 unspecified atom stereocenters. The first-order chi connectivity index (χ1) is 16.9. The summed E-state index contributed by atoms with van der Waals surface area (Å²) in [7, 11) is 0. The van der Waals surface area contributed by atoms with Crippen LogP contribution in [0.25, 0.3) is 22.5 Å². The topological polar surface area (TPSA) is 92.9 Å². The van der Waals surface area contributed by atoms with E-state index in [2.05, 4.69) is 5.16 Å². The molecule has 0 atom stereocenters. The van der Waals surface area contributed by atoms with Gasteiger partial charge >= 0.3 is 12.1 Å². The van der Waals surface area contributed by atoms with E-state index in [-0.39, 0.29) is 13.0 Å². The molecular formula is C28H26N2O5. The third kappa shape index (κ3) is 5.09. The minimum absolute atomic E-state index is 0.00923. The van der Waals surface area contributed by atoms with Gasteiger partial charge in [0, 0.05) is 5.56 Å². The Hall–Kier alpha value is -4.39. The van der Waals surface area contributed by atoms with Crippen LogP contribution in [-0.2, 0) is 16.0 Å². The Kier molecular flexibility index (Phi) is 6.96.